The Balaban J connectivity index is 4.27. The van der Waals surface area contributed by atoms with Crippen LogP contribution in [-0.4, -0.2) is 37.2 Å². The zero-order valence-corrected chi connectivity index (χ0v) is 53.7. The van der Waals surface area contributed by atoms with E-state index in [9.17, 15) is 14.4 Å². The highest BCUT2D eigenvalue weighted by atomic mass is 16.6. The summed E-state index contributed by atoms with van der Waals surface area (Å²) in [5.74, 6) is -0.939. The van der Waals surface area contributed by atoms with Crippen molar-refractivity contribution in [3.8, 4) is 0 Å². The van der Waals surface area contributed by atoms with Crippen molar-refractivity contribution in [1.82, 2.24) is 0 Å². The maximum absolute atomic E-state index is 12.9. The Morgan fingerprint density at radius 3 is 0.747 bits per heavy atom. The zero-order chi connectivity index (χ0) is 59.9. The van der Waals surface area contributed by atoms with Crippen LogP contribution in [0.25, 0.3) is 0 Å². The number of hydrogen-bond donors (Lipinski definition) is 0. The van der Waals surface area contributed by atoms with Crippen LogP contribution >= 0.6 is 0 Å². The molecule has 1 unspecified atom stereocenters. The summed E-state index contributed by atoms with van der Waals surface area (Å²) in [4.78, 5) is 38.3. The molecular weight excluding hydrogens is 1020 g/mol. The van der Waals surface area contributed by atoms with E-state index < -0.39 is 6.10 Å². The second-order valence-electron chi connectivity index (χ2n) is 22.0. The summed E-state index contributed by atoms with van der Waals surface area (Å²) in [5, 5.41) is 0. The van der Waals surface area contributed by atoms with Gasteiger partial charge in [-0.25, -0.2) is 0 Å². The highest BCUT2D eigenvalue weighted by Crippen LogP contribution is 2.15. The third-order valence-electron chi connectivity index (χ3n) is 14.0. The molecule has 6 nitrogen and oxygen atoms in total. The van der Waals surface area contributed by atoms with E-state index in [1.807, 2.05) is 0 Å². The van der Waals surface area contributed by atoms with Crippen molar-refractivity contribution in [2.24, 2.45) is 0 Å². The van der Waals surface area contributed by atoms with Crippen molar-refractivity contribution in [1.29, 1.82) is 0 Å². The number of allylic oxidation sites excluding steroid dienone is 26. The minimum Gasteiger partial charge on any atom is -0.462 e. The number of carbonyl (C=O) groups is 3. The van der Waals surface area contributed by atoms with Crippen molar-refractivity contribution in [2.45, 2.75) is 297 Å². The number of unbranched alkanes of at least 4 members (excludes halogenated alkanes) is 23. The van der Waals surface area contributed by atoms with Gasteiger partial charge in [-0.3, -0.25) is 14.4 Å². The quantitative estimate of drug-likeness (QED) is 0.0261. The van der Waals surface area contributed by atoms with Crippen molar-refractivity contribution >= 4 is 17.9 Å². The second kappa shape index (κ2) is 69.5. The van der Waals surface area contributed by atoms with Crippen LogP contribution in [0.5, 0.6) is 0 Å². The molecule has 0 aliphatic heterocycles. The van der Waals surface area contributed by atoms with Gasteiger partial charge in [0.1, 0.15) is 13.2 Å². The molecule has 83 heavy (non-hydrogen) atoms. The first-order valence-corrected chi connectivity index (χ1v) is 34.0. The van der Waals surface area contributed by atoms with E-state index in [1.54, 1.807) is 0 Å². The SMILES string of the molecule is CC/C=C\C/C=C\C/C=C\C/C=C\C/C=C\C/C=C\C/C=C\C/C=C\CCCCCCCCCCCCC(=O)OCC(COC(=O)CCCCC/C=C\C/C=C\C/C=C\CC)OC(=O)CCCCCCCCC/C=C\C/C=C\CCCCC. The lowest BCUT2D eigenvalue weighted by atomic mass is 10.1. The highest BCUT2D eigenvalue weighted by molar-refractivity contribution is 5.71. The van der Waals surface area contributed by atoms with E-state index in [0.29, 0.717) is 19.3 Å². The van der Waals surface area contributed by atoms with Gasteiger partial charge < -0.3 is 14.2 Å². The summed E-state index contributed by atoms with van der Waals surface area (Å²) in [7, 11) is 0. The molecule has 0 amide bonds. The number of esters is 3. The van der Waals surface area contributed by atoms with Crippen LogP contribution < -0.4 is 0 Å². The fraction of sp³-hybridized carbons (Fsp3) is 0.623. The monoisotopic (exact) mass is 1140 g/mol. The molecule has 0 rings (SSSR count). The molecule has 0 heterocycles. The molecule has 0 bridgehead atoms. The number of rotatable bonds is 60. The topological polar surface area (TPSA) is 78.9 Å². The standard InChI is InChI=1S/C77H124O6/c1-4-7-10-13-16-19-22-25-27-29-30-31-32-33-34-35-36-37-38-39-40-41-42-43-44-45-46-48-49-52-55-58-61-64-67-70-76(79)82-73-74(72-81-75(78)69-66-63-60-57-54-51-24-21-18-15-12-9-6-3)83-77(80)71-68-65-62-59-56-53-50-47-28-26-23-20-17-14-11-8-5-2/h7,9-10,12,16-21,25-28,30-31,33-34,36-37,39-40,42-43,51,54,74H,4-6,8,11,13-15,22-24,29,32,35,38,41,44-50,52-53,55-73H2,1-3H3/b10-7-,12-9-,19-16-,20-17-,21-18-,27-25-,28-26-,31-30-,34-33-,37-36-,40-39-,43-42-,54-51-. The highest BCUT2D eigenvalue weighted by Gasteiger charge is 2.19. The van der Waals surface area contributed by atoms with Gasteiger partial charge in [0.25, 0.3) is 0 Å². The van der Waals surface area contributed by atoms with Gasteiger partial charge in [-0.1, -0.05) is 281 Å². The maximum atomic E-state index is 12.9. The van der Waals surface area contributed by atoms with Gasteiger partial charge in [0, 0.05) is 19.3 Å². The third kappa shape index (κ3) is 67.7. The molecule has 6 heteroatoms. The third-order valence-corrected chi connectivity index (χ3v) is 14.0. The van der Waals surface area contributed by atoms with E-state index in [-0.39, 0.29) is 31.1 Å². The predicted octanol–water partition coefficient (Wildman–Crippen LogP) is 23.7. The van der Waals surface area contributed by atoms with Crippen molar-refractivity contribution in [2.75, 3.05) is 13.2 Å². The Morgan fingerprint density at radius 1 is 0.253 bits per heavy atom. The molecule has 0 aromatic rings. The van der Waals surface area contributed by atoms with Crippen LogP contribution in [0.15, 0.2) is 158 Å². The van der Waals surface area contributed by atoms with Crippen LogP contribution in [0.4, 0.5) is 0 Å². The molecule has 0 N–H and O–H groups in total. The molecule has 468 valence electrons. The lowest BCUT2D eigenvalue weighted by Crippen LogP contribution is -2.30. The maximum Gasteiger partial charge on any atom is 0.306 e. The van der Waals surface area contributed by atoms with Gasteiger partial charge in [-0.2, -0.15) is 0 Å². The molecule has 0 aromatic heterocycles. The molecule has 1 atom stereocenters. The first-order chi connectivity index (χ1) is 41.0. The Bertz CT molecular complexity index is 1840. The minimum absolute atomic E-state index is 0.0975. The fourth-order valence-electron chi connectivity index (χ4n) is 8.97. The summed E-state index contributed by atoms with van der Waals surface area (Å²) in [6.07, 6.45) is 101. The van der Waals surface area contributed by atoms with E-state index in [1.165, 1.54) is 96.3 Å². The van der Waals surface area contributed by atoms with Crippen molar-refractivity contribution in [3.63, 3.8) is 0 Å². The molecule has 0 radical (unpaired) electrons. The summed E-state index contributed by atoms with van der Waals surface area (Å²) in [6.45, 7) is 6.35. The summed E-state index contributed by atoms with van der Waals surface area (Å²) in [5.41, 5.74) is 0. The van der Waals surface area contributed by atoms with Gasteiger partial charge >= 0.3 is 17.9 Å². The van der Waals surface area contributed by atoms with Crippen LogP contribution in [0.2, 0.25) is 0 Å². The minimum atomic E-state index is -0.803. The summed E-state index contributed by atoms with van der Waals surface area (Å²) >= 11 is 0. The molecule has 0 spiro atoms. The largest absolute Gasteiger partial charge is 0.462 e. The molecule has 0 fully saturated rings. The Kier molecular flexibility index (Phi) is 65.4. The van der Waals surface area contributed by atoms with Gasteiger partial charge in [0.2, 0.25) is 0 Å². The lowest BCUT2D eigenvalue weighted by Gasteiger charge is -2.18. The van der Waals surface area contributed by atoms with E-state index >= 15 is 0 Å². The lowest BCUT2D eigenvalue weighted by molar-refractivity contribution is -0.167. The van der Waals surface area contributed by atoms with Crippen LogP contribution in [-0.2, 0) is 28.6 Å². The van der Waals surface area contributed by atoms with Gasteiger partial charge in [-0.05, 0) is 148 Å². The molecule has 0 aliphatic rings. The van der Waals surface area contributed by atoms with Gasteiger partial charge in [-0.15, -0.1) is 0 Å². The normalized spacial score (nSPS) is 13.1. The second-order valence-corrected chi connectivity index (χ2v) is 22.0. The molecule has 0 aromatic carbocycles. The van der Waals surface area contributed by atoms with Crippen molar-refractivity contribution in [3.05, 3.63) is 158 Å². The van der Waals surface area contributed by atoms with Gasteiger partial charge in [0.05, 0.1) is 0 Å². The van der Waals surface area contributed by atoms with Crippen LogP contribution in [0.1, 0.15) is 290 Å². The summed E-state index contributed by atoms with van der Waals surface area (Å²) in [6, 6.07) is 0. The molecule has 0 saturated heterocycles. The molecular formula is C77H124O6. The average molecular weight is 1150 g/mol. The van der Waals surface area contributed by atoms with Crippen LogP contribution in [0.3, 0.4) is 0 Å². The summed E-state index contributed by atoms with van der Waals surface area (Å²) < 4.78 is 16.9. The van der Waals surface area contributed by atoms with E-state index in [4.69, 9.17) is 14.2 Å². The fourth-order valence-corrected chi connectivity index (χ4v) is 8.97. The first kappa shape index (κ1) is 78.0. The van der Waals surface area contributed by atoms with Gasteiger partial charge in [0.15, 0.2) is 6.10 Å². The zero-order valence-electron chi connectivity index (χ0n) is 53.7. The van der Waals surface area contributed by atoms with Crippen molar-refractivity contribution < 1.29 is 28.6 Å². The van der Waals surface area contributed by atoms with E-state index in [2.05, 4.69) is 179 Å². The Labute approximate surface area is 511 Å². The number of ether oxygens (including phenoxy) is 3. The van der Waals surface area contributed by atoms with Crippen LogP contribution in [0, 0.1) is 0 Å². The average Bonchev–Trinajstić information content (AvgIpc) is 3.49. The number of hydrogen-bond acceptors (Lipinski definition) is 6. The molecule has 0 aliphatic carbocycles. The first-order valence-electron chi connectivity index (χ1n) is 34.0. The Morgan fingerprint density at radius 2 is 0.470 bits per heavy atom. The predicted molar refractivity (Wildman–Crippen MR) is 362 cm³/mol. The molecule has 0 saturated carbocycles. The smallest absolute Gasteiger partial charge is 0.306 e. The Hall–Kier alpha value is -4.97. The number of carbonyl (C=O) groups excluding carboxylic acids is 3. The van der Waals surface area contributed by atoms with E-state index in [0.717, 1.165) is 154 Å².